The first-order chi connectivity index (χ1) is 11.1. The molecule has 0 aliphatic heterocycles. The van der Waals surface area contributed by atoms with Gasteiger partial charge in [-0.25, -0.2) is 13.1 Å². The summed E-state index contributed by atoms with van der Waals surface area (Å²) in [5, 5.41) is 5.22. The maximum Gasteiger partial charge on any atom is 0.242 e. The lowest BCUT2D eigenvalue weighted by atomic mass is 10.2. The van der Waals surface area contributed by atoms with Crippen molar-refractivity contribution in [3.05, 3.63) is 53.8 Å². The Bertz CT molecular complexity index is 879. The summed E-state index contributed by atoms with van der Waals surface area (Å²) in [6, 6.07) is 7.20. The molecule has 8 heteroatoms. The Labute approximate surface area is 138 Å². The van der Waals surface area contributed by atoms with E-state index in [1.807, 2.05) is 17.6 Å². The number of pyridine rings is 2. The normalized spacial score (nSPS) is 11.8. The van der Waals surface area contributed by atoms with Crippen molar-refractivity contribution in [3.8, 4) is 0 Å². The molecule has 0 radical (unpaired) electrons. The van der Waals surface area contributed by atoms with E-state index in [1.54, 1.807) is 23.6 Å². The number of nitrogens with zero attached hydrogens (tertiary/aromatic N) is 2. The van der Waals surface area contributed by atoms with Gasteiger partial charge in [0.1, 0.15) is 4.90 Å². The molecule has 3 rings (SSSR count). The zero-order chi connectivity index (χ0) is 16.1. The molecule has 0 saturated heterocycles. The van der Waals surface area contributed by atoms with Crippen LogP contribution in [-0.4, -0.2) is 31.5 Å². The molecule has 0 fully saturated rings. The van der Waals surface area contributed by atoms with Gasteiger partial charge in [0.25, 0.3) is 0 Å². The zero-order valence-electron chi connectivity index (χ0n) is 12.3. The second kappa shape index (κ2) is 7.14. The highest BCUT2D eigenvalue weighted by atomic mass is 32.2. The third-order valence-electron chi connectivity index (χ3n) is 3.23. The van der Waals surface area contributed by atoms with Crippen LogP contribution in [0.25, 0.3) is 10.2 Å². The molecule has 120 valence electrons. The van der Waals surface area contributed by atoms with E-state index in [1.165, 1.54) is 12.3 Å². The predicted molar refractivity (Wildman–Crippen MR) is 90.8 cm³/mol. The second-order valence-electron chi connectivity index (χ2n) is 4.91. The van der Waals surface area contributed by atoms with Crippen LogP contribution >= 0.6 is 11.3 Å². The van der Waals surface area contributed by atoms with Gasteiger partial charge in [0.15, 0.2) is 0 Å². The molecule has 0 saturated carbocycles. The van der Waals surface area contributed by atoms with E-state index in [0.29, 0.717) is 19.6 Å². The summed E-state index contributed by atoms with van der Waals surface area (Å²) in [6.07, 6.45) is 4.71. The maximum atomic E-state index is 12.0. The standard InChI is InChI=1S/C15H16N4O2S2/c20-23(21,13-2-1-4-16-11-13)19-6-5-17-9-12-8-15-14(18-10-12)3-7-22-15/h1-4,7-8,10-11,17,19H,5-6,9H2. The Morgan fingerprint density at radius 1 is 1.17 bits per heavy atom. The van der Waals surface area contributed by atoms with Gasteiger partial charge in [0, 0.05) is 38.2 Å². The molecule has 6 nitrogen and oxygen atoms in total. The Morgan fingerprint density at radius 3 is 2.91 bits per heavy atom. The fourth-order valence-electron chi connectivity index (χ4n) is 2.08. The lowest BCUT2D eigenvalue weighted by Gasteiger charge is -2.07. The summed E-state index contributed by atoms with van der Waals surface area (Å²) < 4.78 is 27.7. The zero-order valence-corrected chi connectivity index (χ0v) is 13.9. The minimum atomic E-state index is -3.49. The van der Waals surface area contributed by atoms with Crippen LogP contribution < -0.4 is 10.0 Å². The minimum Gasteiger partial charge on any atom is -0.311 e. The number of nitrogens with one attached hydrogen (secondary N) is 2. The first kappa shape index (κ1) is 16.0. The minimum absolute atomic E-state index is 0.173. The molecule has 0 aliphatic rings. The highest BCUT2D eigenvalue weighted by Gasteiger charge is 2.12. The van der Waals surface area contributed by atoms with E-state index in [2.05, 4.69) is 26.1 Å². The average molecular weight is 348 g/mol. The van der Waals surface area contributed by atoms with Gasteiger partial charge < -0.3 is 5.32 Å². The number of fused-ring (bicyclic) bond motifs is 1. The average Bonchev–Trinajstić information content (AvgIpc) is 3.03. The van der Waals surface area contributed by atoms with E-state index >= 15 is 0 Å². The fraction of sp³-hybridized carbons (Fsp3) is 0.200. The van der Waals surface area contributed by atoms with Gasteiger partial charge >= 0.3 is 0 Å². The van der Waals surface area contributed by atoms with Gasteiger partial charge in [-0.05, 0) is 35.2 Å². The number of thiophene rings is 1. The number of sulfonamides is 1. The molecule has 0 unspecified atom stereocenters. The molecule has 3 heterocycles. The van der Waals surface area contributed by atoms with Gasteiger partial charge in [-0.2, -0.15) is 0 Å². The highest BCUT2D eigenvalue weighted by molar-refractivity contribution is 7.89. The highest BCUT2D eigenvalue weighted by Crippen LogP contribution is 2.19. The maximum absolute atomic E-state index is 12.0. The number of aromatic nitrogens is 2. The summed E-state index contributed by atoms with van der Waals surface area (Å²) in [5.74, 6) is 0. The van der Waals surface area contributed by atoms with Crippen molar-refractivity contribution in [1.82, 2.24) is 20.0 Å². The van der Waals surface area contributed by atoms with Crippen LogP contribution in [0.2, 0.25) is 0 Å². The van der Waals surface area contributed by atoms with E-state index in [9.17, 15) is 8.42 Å². The van der Waals surface area contributed by atoms with Crippen molar-refractivity contribution in [1.29, 1.82) is 0 Å². The third-order valence-corrected chi connectivity index (χ3v) is 5.53. The summed E-state index contributed by atoms with van der Waals surface area (Å²) in [4.78, 5) is 8.36. The van der Waals surface area contributed by atoms with Crippen LogP contribution in [-0.2, 0) is 16.6 Å². The SMILES string of the molecule is O=S(=O)(NCCNCc1cnc2ccsc2c1)c1cccnc1. The van der Waals surface area contributed by atoms with E-state index < -0.39 is 10.0 Å². The second-order valence-corrected chi connectivity index (χ2v) is 7.63. The first-order valence-corrected chi connectivity index (χ1v) is 9.44. The molecule has 0 spiro atoms. The summed E-state index contributed by atoms with van der Waals surface area (Å²) in [7, 11) is -3.49. The molecular weight excluding hydrogens is 332 g/mol. The molecule has 0 aliphatic carbocycles. The topological polar surface area (TPSA) is 84.0 Å². The molecule has 2 N–H and O–H groups in total. The number of hydrogen-bond acceptors (Lipinski definition) is 6. The molecule has 23 heavy (non-hydrogen) atoms. The summed E-state index contributed by atoms with van der Waals surface area (Å²) in [5.41, 5.74) is 2.08. The van der Waals surface area contributed by atoms with Gasteiger partial charge in [-0.3, -0.25) is 9.97 Å². The third kappa shape index (κ3) is 4.11. The lowest BCUT2D eigenvalue weighted by Crippen LogP contribution is -2.31. The van der Waals surface area contributed by atoms with Crippen molar-refractivity contribution in [2.24, 2.45) is 0 Å². The van der Waals surface area contributed by atoms with E-state index in [-0.39, 0.29) is 4.90 Å². The Kier molecular flexibility index (Phi) is 4.97. The molecular formula is C15H16N4O2S2. The van der Waals surface area contributed by atoms with Crippen molar-refractivity contribution < 1.29 is 8.42 Å². The van der Waals surface area contributed by atoms with Crippen LogP contribution in [0.1, 0.15) is 5.56 Å². The number of rotatable bonds is 7. The fourth-order valence-corrected chi connectivity index (χ4v) is 3.88. The largest absolute Gasteiger partial charge is 0.311 e. The van der Waals surface area contributed by atoms with E-state index in [0.717, 1.165) is 15.8 Å². The van der Waals surface area contributed by atoms with Crippen LogP contribution in [0.5, 0.6) is 0 Å². The van der Waals surface area contributed by atoms with Crippen molar-refractivity contribution in [2.45, 2.75) is 11.4 Å². The monoisotopic (exact) mass is 348 g/mol. The Hall–Kier alpha value is -1.87. The smallest absolute Gasteiger partial charge is 0.242 e. The van der Waals surface area contributed by atoms with Gasteiger partial charge in [-0.15, -0.1) is 11.3 Å². The molecule has 0 atom stereocenters. The Morgan fingerprint density at radius 2 is 2.09 bits per heavy atom. The molecule has 0 amide bonds. The van der Waals surface area contributed by atoms with Crippen LogP contribution in [0, 0.1) is 0 Å². The molecule has 3 aromatic heterocycles. The Balaban J connectivity index is 1.46. The number of hydrogen-bond donors (Lipinski definition) is 2. The molecule has 0 bridgehead atoms. The van der Waals surface area contributed by atoms with Crippen LogP contribution in [0.4, 0.5) is 0 Å². The van der Waals surface area contributed by atoms with Crippen molar-refractivity contribution >= 4 is 31.6 Å². The predicted octanol–water partition coefficient (Wildman–Crippen LogP) is 1.76. The van der Waals surface area contributed by atoms with Crippen LogP contribution in [0.15, 0.2) is 53.1 Å². The summed E-state index contributed by atoms with van der Waals surface area (Å²) in [6.45, 7) is 1.49. The first-order valence-electron chi connectivity index (χ1n) is 7.08. The molecule has 0 aromatic carbocycles. The van der Waals surface area contributed by atoms with Gasteiger partial charge in [-0.1, -0.05) is 0 Å². The molecule has 3 aromatic rings. The van der Waals surface area contributed by atoms with Gasteiger partial charge in [0.05, 0.1) is 10.2 Å². The van der Waals surface area contributed by atoms with Crippen LogP contribution in [0.3, 0.4) is 0 Å². The van der Waals surface area contributed by atoms with E-state index in [4.69, 9.17) is 0 Å². The van der Waals surface area contributed by atoms with Crippen molar-refractivity contribution in [3.63, 3.8) is 0 Å². The van der Waals surface area contributed by atoms with Crippen molar-refractivity contribution in [2.75, 3.05) is 13.1 Å². The lowest BCUT2D eigenvalue weighted by molar-refractivity contribution is 0.575. The summed E-state index contributed by atoms with van der Waals surface area (Å²) >= 11 is 1.66. The quantitative estimate of drug-likeness (QED) is 0.636. The van der Waals surface area contributed by atoms with Gasteiger partial charge in [0.2, 0.25) is 10.0 Å².